The maximum atomic E-state index is 12.6. The van der Waals surface area contributed by atoms with Crippen LogP contribution in [0.15, 0.2) is 66.7 Å². The van der Waals surface area contributed by atoms with Crippen LogP contribution in [-0.2, 0) is 0 Å². The van der Waals surface area contributed by atoms with E-state index >= 15 is 0 Å². The largest absolute Gasteiger partial charge is 0.494 e. The molecule has 0 bridgehead atoms. The van der Waals surface area contributed by atoms with Crippen LogP contribution in [0.3, 0.4) is 0 Å². The molecular weight excluding hydrogens is 512 g/mol. The molecule has 0 saturated heterocycles. The molecule has 1 N–H and O–H groups in total. The highest BCUT2D eigenvalue weighted by molar-refractivity contribution is 5.96. The molecule has 0 unspecified atom stereocenters. The smallest absolute Gasteiger partial charge is 0.343 e. The van der Waals surface area contributed by atoms with Crippen molar-refractivity contribution in [2.45, 2.75) is 58.8 Å². The summed E-state index contributed by atoms with van der Waals surface area (Å²) in [7, 11) is 0. The standard InChI is InChI=1S/C32H36O8/c1-3-5-7-8-9-21-38-26-14-10-23(11-15-26)31(35)39-27-18-19-29(28(22-27)30(33)34)40-32(36)24-12-16-25(17-13-24)37-20-6-4-2/h10-19,22H,3-9,20-21H2,1-2H3,(H,33,34). The third-order valence-corrected chi connectivity index (χ3v) is 6.06. The van der Waals surface area contributed by atoms with E-state index in [1.165, 1.54) is 31.4 Å². The van der Waals surface area contributed by atoms with Crippen molar-refractivity contribution >= 4 is 17.9 Å². The highest BCUT2D eigenvalue weighted by Crippen LogP contribution is 2.27. The van der Waals surface area contributed by atoms with E-state index in [-0.39, 0.29) is 28.2 Å². The van der Waals surface area contributed by atoms with E-state index in [1.54, 1.807) is 48.5 Å². The lowest BCUT2D eigenvalue weighted by atomic mass is 10.1. The topological polar surface area (TPSA) is 108 Å². The van der Waals surface area contributed by atoms with Crippen LogP contribution in [0.4, 0.5) is 0 Å². The SMILES string of the molecule is CCCCCCCOc1ccc(C(=O)Oc2ccc(OC(=O)c3ccc(OCCCC)cc3)c(C(=O)O)c2)cc1. The number of aromatic carboxylic acids is 1. The first-order chi connectivity index (χ1) is 19.4. The zero-order valence-electron chi connectivity index (χ0n) is 23.0. The molecule has 0 fully saturated rings. The Hall–Kier alpha value is -4.33. The lowest BCUT2D eigenvalue weighted by molar-refractivity contribution is 0.0670. The van der Waals surface area contributed by atoms with Gasteiger partial charge in [-0.15, -0.1) is 0 Å². The van der Waals surface area contributed by atoms with E-state index in [9.17, 15) is 19.5 Å². The number of ether oxygens (including phenoxy) is 4. The molecule has 0 aromatic heterocycles. The summed E-state index contributed by atoms with van der Waals surface area (Å²) in [6.45, 7) is 5.43. The molecule has 0 radical (unpaired) electrons. The van der Waals surface area contributed by atoms with Crippen molar-refractivity contribution in [2.75, 3.05) is 13.2 Å². The maximum Gasteiger partial charge on any atom is 0.343 e. The molecule has 0 heterocycles. The van der Waals surface area contributed by atoms with Crippen LogP contribution >= 0.6 is 0 Å². The number of hydrogen-bond donors (Lipinski definition) is 1. The van der Waals surface area contributed by atoms with Crippen molar-refractivity contribution in [1.29, 1.82) is 0 Å². The number of rotatable bonds is 16. The first-order valence-electron chi connectivity index (χ1n) is 13.7. The Balaban J connectivity index is 1.58. The predicted octanol–water partition coefficient (Wildman–Crippen LogP) is 7.35. The quantitative estimate of drug-likeness (QED) is 0.112. The number of benzene rings is 3. The van der Waals surface area contributed by atoms with Gasteiger partial charge in [-0.2, -0.15) is 0 Å². The summed E-state index contributed by atoms with van der Waals surface area (Å²) in [6, 6.07) is 16.7. The summed E-state index contributed by atoms with van der Waals surface area (Å²) in [4.78, 5) is 37.1. The molecule has 0 aliphatic heterocycles. The van der Waals surface area contributed by atoms with Gasteiger partial charge >= 0.3 is 17.9 Å². The Morgan fingerprint density at radius 2 is 1.10 bits per heavy atom. The Labute approximate surface area is 234 Å². The molecular formula is C32H36O8. The van der Waals surface area contributed by atoms with Crippen LogP contribution in [0.25, 0.3) is 0 Å². The summed E-state index contributed by atoms with van der Waals surface area (Å²) >= 11 is 0. The van der Waals surface area contributed by atoms with Gasteiger partial charge in [-0.3, -0.25) is 0 Å². The van der Waals surface area contributed by atoms with Crippen molar-refractivity contribution in [3.8, 4) is 23.0 Å². The number of carbonyl (C=O) groups is 3. The van der Waals surface area contributed by atoms with Gasteiger partial charge in [-0.05, 0) is 79.6 Å². The normalized spacial score (nSPS) is 10.6. The summed E-state index contributed by atoms with van der Waals surface area (Å²) in [5.41, 5.74) is 0.198. The summed E-state index contributed by atoms with van der Waals surface area (Å²) in [6.07, 6.45) is 7.64. The average Bonchev–Trinajstić information content (AvgIpc) is 2.96. The second-order valence-electron chi connectivity index (χ2n) is 9.26. The highest BCUT2D eigenvalue weighted by Gasteiger charge is 2.19. The minimum absolute atomic E-state index is 0.00295. The van der Waals surface area contributed by atoms with Crippen LogP contribution in [-0.4, -0.2) is 36.2 Å². The number of carbonyl (C=O) groups excluding carboxylic acids is 2. The monoisotopic (exact) mass is 548 g/mol. The van der Waals surface area contributed by atoms with E-state index in [1.807, 2.05) is 0 Å². The predicted molar refractivity (Wildman–Crippen MR) is 151 cm³/mol. The molecule has 0 atom stereocenters. The average molecular weight is 549 g/mol. The Morgan fingerprint density at radius 3 is 1.65 bits per heavy atom. The minimum Gasteiger partial charge on any atom is -0.494 e. The number of carboxylic acid groups (broad SMARTS) is 1. The second kappa shape index (κ2) is 15.9. The lowest BCUT2D eigenvalue weighted by Gasteiger charge is -2.11. The van der Waals surface area contributed by atoms with Crippen molar-refractivity contribution in [3.63, 3.8) is 0 Å². The van der Waals surface area contributed by atoms with Gasteiger partial charge in [0.15, 0.2) is 0 Å². The first-order valence-corrected chi connectivity index (χ1v) is 13.7. The summed E-state index contributed by atoms with van der Waals surface area (Å²) < 4.78 is 22.0. The van der Waals surface area contributed by atoms with Gasteiger partial charge in [0.25, 0.3) is 0 Å². The molecule has 8 nitrogen and oxygen atoms in total. The molecule has 0 amide bonds. The maximum absolute atomic E-state index is 12.6. The molecule has 0 aliphatic carbocycles. The third kappa shape index (κ3) is 9.45. The van der Waals surface area contributed by atoms with E-state index in [0.29, 0.717) is 24.7 Å². The van der Waals surface area contributed by atoms with Crippen LogP contribution in [0, 0.1) is 0 Å². The zero-order valence-corrected chi connectivity index (χ0v) is 23.0. The zero-order chi connectivity index (χ0) is 28.7. The van der Waals surface area contributed by atoms with Gasteiger partial charge in [-0.1, -0.05) is 46.0 Å². The fourth-order valence-corrected chi connectivity index (χ4v) is 3.76. The number of unbranched alkanes of at least 4 members (excludes halogenated alkanes) is 5. The molecule has 3 aromatic carbocycles. The molecule has 40 heavy (non-hydrogen) atoms. The molecule has 212 valence electrons. The summed E-state index contributed by atoms with van der Waals surface area (Å²) in [5.74, 6) is -1.60. The fraction of sp³-hybridized carbons (Fsp3) is 0.344. The summed E-state index contributed by atoms with van der Waals surface area (Å²) in [5, 5.41) is 9.66. The van der Waals surface area contributed by atoms with E-state index in [2.05, 4.69) is 13.8 Å². The van der Waals surface area contributed by atoms with E-state index in [4.69, 9.17) is 18.9 Å². The van der Waals surface area contributed by atoms with E-state index < -0.39 is 17.9 Å². The Morgan fingerprint density at radius 1 is 0.600 bits per heavy atom. The molecule has 0 aliphatic rings. The van der Waals surface area contributed by atoms with Crippen LogP contribution in [0.2, 0.25) is 0 Å². The van der Waals surface area contributed by atoms with Crippen LogP contribution in [0.1, 0.15) is 89.9 Å². The molecule has 0 saturated carbocycles. The molecule has 3 aromatic rings. The number of esters is 2. The fourth-order valence-electron chi connectivity index (χ4n) is 3.76. The molecule has 8 heteroatoms. The lowest BCUT2D eigenvalue weighted by Crippen LogP contribution is -2.13. The first kappa shape index (κ1) is 30.2. The number of hydrogen-bond acceptors (Lipinski definition) is 7. The second-order valence-corrected chi connectivity index (χ2v) is 9.26. The van der Waals surface area contributed by atoms with Crippen molar-refractivity contribution < 1.29 is 38.4 Å². The van der Waals surface area contributed by atoms with Crippen LogP contribution in [0.5, 0.6) is 23.0 Å². The highest BCUT2D eigenvalue weighted by atomic mass is 16.5. The third-order valence-electron chi connectivity index (χ3n) is 6.06. The van der Waals surface area contributed by atoms with Gasteiger partial charge in [0.2, 0.25) is 0 Å². The Bertz CT molecular complexity index is 1250. The van der Waals surface area contributed by atoms with Gasteiger partial charge in [0, 0.05) is 0 Å². The van der Waals surface area contributed by atoms with Gasteiger partial charge in [0.1, 0.15) is 28.6 Å². The number of carboxylic acids is 1. The van der Waals surface area contributed by atoms with Gasteiger partial charge in [0.05, 0.1) is 24.3 Å². The molecule has 3 rings (SSSR count). The Kier molecular flexibility index (Phi) is 12.0. The van der Waals surface area contributed by atoms with Crippen molar-refractivity contribution in [1.82, 2.24) is 0 Å². The molecule has 0 spiro atoms. The van der Waals surface area contributed by atoms with E-state index in [0.717, 1.165) is 31.7 Å². The van der Waals surface area contributed by atoms with Crippen LogP contribution < -0.4 is 18.9 Å². The van der Waals surface area contributed by atoms with Crippen molar-refractivity contribution in [2.24, 2.45) is 0 Å². The van der Waals surface area contributed by atoms with Crippen molar-refractivity contribution in [3.05, 3.63) is 83.4 Å². The van der Waals surface area contributed by atoms with Gasteiger partial charge in [-0.25, -0.2) is 14.4 Å². The van der Waals surface area contributed by atoms with Gasteiger partial charge < -0.3 is 24.1 Å². The minimum atomic E-state index is -1.34.